The summed E-state index contributed by atoms with van der Waals surface area (Å²) in [6.45, 7) is 4.70. The van der Waals surface area contributed by atoms with Crippen LogP contribution in [0.3, 0.4) is 0 Å². The zero-order valence-electron chi connectivity index (χ0n) is 9.61. The number of allylic oxidation sites excluding steroid dienone is 2. The molecule has 88 valence electrons. The summed E-state index contributed by atoms with van der Waals surface area (Å²) in [5, 5.41) is 12.8. The molecule has 3 heteroatoms. The number of hydrogen-bond acceptors (Lipinski definition) is 3. The Hall–Kier alpha value is -0.380. The van der Waals surface area contributed by atoms with Gasteiger partial charge in [0, 0.05) is 13.2 Å². The molecule has 1 aliphatic rings. The Morgan fingerprint density at radius 3 is 3.07 bits per heavy atom. The number of aliphatic hydroxyl groups is 1. The zero-order chi connectivity index (χ0) is 10.9. The predicted molar refractivity (Wildman–Crippen MR) is 61.9 cm³/mol. The molecule has 1 aliphatic carbocycles. The highest BCUT2D eigenvalue weighted by atomic mass is 16.5. The minimum atomic E-state index is -0.371. The van der Waals surface area contributed by atoms with Gasteiger partial charge in [-0.3, -0.25) is 0 Å². The maximum absolute atomic E-state index is 9.51. The van der Waals surface area contributed by atoms with E-state index in [4.69, 9.17) is 4.74 Å². The van der Waals surface area contributed by atoms with Crippen molar-refractivity contribution in [1.82, 2.24) is 5.32 Å². The van der Waals surface area contributed by atoms with Crippen molar-refractivity contribution in [2.75, 3.05) is 26.3 Å². The smallest absolute Gasteiger partial charge is 0.0897 e. The monoisotopic (exact) mass is 213 g/mol. The lowest BCUT2D eigenvalue weighted by molar-refractivity contribution is 0.0424. The number of hydrogen-bond donors (Lipinski definition) is 2. The van der Waals surface area contributed by atoms with Gasteiger partial charge in [-0.25, -0.2) is 0 Å². The first-order valence-corrected chi connectivity index (χ1v) is 5.94. The van der Waals surface area contributed by atoms with Gasteiger partial charge < -0.3 is 15.2 Å². The zero-order valence-corrected chi connectivity index (χ0v) is 9.61. The van der Waals surface area contributed by atoms with Crippen LogP contribution >= 0.6 is 0 Å². The minimum absolute atomic E-state index is 0.371. The molecule has 0 fully saturated rings. The number of ether oxygens (including phenoxy) is 1. The summed E-state index contributed by atoms with van der Waals surface area (Å²) in [5.41, 5.74) is 0. The van der Waals surface area contributed by atoms with Crippen molar-refractivity contribution in [3.05, 3.63) is 12.2 Å². The Morgan fingerprint density at radius 1 is 1.53 bits per heavy atom. The second-order valence-electron chi connectivity index (χ2n) is 4.12. The highest BCUT2D eigenvalue weighted by Gasteiger charge is 2.10. The van der Waals surface area contributed by atoms with Crippen LogP contribution in [0.25, 0.3) is 0 Å². The van der Waals surface area contributed by atoms with Crippen molar-refractivity contribution in [1.29, 1.82) is 0 Å². The molecule has 0 saturated carbocycles. The van der Waals surface area contributed by atoms with Crippen LogP contribution in [0.2, 0.25) is 0 Å². The van der Waals surface area contributed by atoms with Gasteiger partial charge in [0.05, 0.1) is 12.7 Å². The van der Waals surface area contributed by atoms with Gasteiger partial charge in [0.25, 0.3) is 0 Å². The molecule has 0 bridgehead atoms. The van der Waals surface area contributed by atoms with Gasteiger partial charge in [-0.05, 0) is 38.6 Å². The SMILES string of the molecule is CCOCC(O)CNCC1CC=CCC1. The van der Waals surface area contributed by atoms with Crippen molar-refractivity contribution in [2.45, 2.75) is 32.3 Å². The average molecular weight is 213 g/mol. The minimum Gasteiger partial charge on any atom is -0.389 e. The van der Waals surface area contributed by atoms with E-state index < -0.39 is 0 Å². The van der Waals surface area contributed by atoms with Crippen molar-refractivity contribution >= 4 is 0 Å². The number of nitrogens with one attached hydrogen (secondary N) is 1. The Labute approximate surface area is 92.5 Å². The van der Waals surface area contributed by atoms with Crippen LogP contribution < -0.4 is 5.32 Å². The van der Waals surface area contributed by atoms with Gasteiger partial charge in [0.1, 0.15) is 0 Å². The van der Waals surface area contributed by atoms with E-state index in [9.17, 15) is 5.11 Å². The van der Waals surface area contributed by atoms with Gasteiger partial charge in [-0.1, -0.05) is 12.2 Å². The summed E-state index contributed by atoms with van der Waals surface area (Å²) in [6.07, 6.45) is 7.78. The number of aliphatic hydroxyl groups excluding tert-OH is 1. The average Bonchev–Trinajstić information content (AvgIpc) is 2.28. The van der Waals surface area contributed by atoms with E-state index in [0.29, 0.717) is 19.8 Å². The van der Waals surface area contributed by atoms with E-state index in [0.717, 1.165) is 12.5 Å². The fourth-order valence-electron chi connectivity index (χ4n) is 1.81. The fraction of sp³-hybridized carbons (Fsp3) is 0.833. The van der Waals surface area contributed by atoms with E-state index in [-0.39, 0.29) is 6.10 Å². The molecule has 0 aromatic rings. The van der Waals surface area contributed by atoms with Gasteiger partial charge >= 0.3 is 0 Å². The summed E-state index contributed by atoms with van der Waals surface area (Å²) in [5.74, 6) is 0.745. The molecule has 1 rings (SSSR count). The van der Waals surface area contributed by atoms with E-state index in [2.05, 4.69) is 17.5 Å². The van der Waals surface area contributed by atoms with Crippen LogP contribution in [-0.4, -0.2) is 37.5 Å². The van der Waals surface area contributed by atoms with Crippen molar-refractivity contribution in [3.8, 4) is 0 Å². The molecular weight excluding hydrogens is 190 g/mol. The Morgan fingerprint density at radius 2 is 2.40 bits per heavy atom. The van der Waals surface area contributed by atoms with Gasteiger partial charge in [0.15, 0.2) is 0 Å². The molecule has 2 unspecified atom stereocenters. The lowest BCUT2D eigenvalue weighted by atomic mass is 9.94. The van der Waals surface area contributed by atoms with E-state index in [1.54, 1.807) is 0 Å². The fourth-order valence-corrected chi connectivity index (χ4v) is 1.81. The third kappa shape index (κ3) is 5.92. The normalized spacial score (nSPS) is 22.9. The van der Waals surface area contributed by atoms with Crippen molar-refractivity contribution in [3.63, 3.8) is 0 Å². The van der Waals surface area contributed by atoms with E-state index in [1.165, 1.54) is 19.3 Å². The first kappa shape index (κ1) is 12.7. The topological polar surface area (TPSA) is 41.5 Å². The lowest BCUT2D eigenvalue weighted by Crippen LogP contribution is -2.33. The lowest BCUT2D eigenvalue weighted by Gasteiger charge is -2.19. The van der Waals surface area contributed by atoms with E-state index in [1.807, 2.05) is 6.92 Å². The Balaban J connectivity index is 1.97. The molecular formula is C12H23NO2. The summed E-state index contributed by atoms with van der Waals surface area (Å²) in [4.78, 5) is 0. The molecule has 0 aromatic heterocycles. The Bertz CT molecular complexity index is 182. The molecule has 0 heterocycles. The molecule has 0 saturated heterocycles. The largest absolute Gasteiger partial charge is 0.389 e. The third-order valence-corrected chi connectivity index (χ3v) is 2.71. The highest BCUT2D eigenvalue weighted by molar-refractivity contribution is 4.90. The molecule has 3 nitrogen and oxygen atoms in total. The summed E-state index contributed by atoms with van der Waals surface area (Å²) in [6, 6.07) is 0. The van der Waals surface area contributed by atoms with Crippen LogP contribution in [0, 0.1) is 5.92 Å². The quantitative estimate of drug-likeness (QED) is 0.627. The summed E-state index contributed by atoms with van der Waals surface area (Å²) < 4.78 is 5.14. The maximum Gasteiger partial charge on any atom is 0.0897 e. The van der Waals surface area contributed by atoms with Gasteiger partial charge in [-0.2, -0.15) is 0 Å². The van der Waals surface area contributed by atoms with Gasteiger partial charge in [-0.15, -0.1) is 0 Å². The first-order chi connectivity index (χ1) is 7.33. The van der Waals surface area contributed by atoms with E-state index >= 15 is 0 Å². The van der Waals surface area contributed by atoms with Crippen LogP contribution in [-0.2, 0) is 4.74 Å². The molecule has 0 aromatic carbocycles. The maximum atomic E-state index is 9.51. The molecule has 0 aliphatic heterocycles. The number of rotatable bonds is 7. The second kappa shape index (κ2) is 7.85. The van der Waals surface area contributed by atoms with Crippen LogP contribution in [0.1, 0.15) is 26.2 Å². The van der Waals surface area contributed by atoms with Crippen LogP contribution in [0.4, 0.5) is 0 Å². The Kier molecular flexibility index (Phi) is 6.64. The molecule has 2 N–H and O–H groups in total. The molecule has 0 amide bonds. The first-order valence-electron chi connectivity index (χ1n) is 5.94. The molecule has 2 atom stereocenters. The van der Waals surface area contributed by atoms with Gasteiger partial charge in [0.2, 0.25) is 0 Å². The summed E-state index contributed by atoms with van der Waals surface area (Å²) in [7, 11) is 0. The predicted octanol–water partition coefficient (Wildman–Crippen LogP) is 1.33. The van der Waals surface area contributed by atoms with Crippen molar-refractivity contribution < 1.29 is 9.84 Å². The second-order valence-corrected chi connectivity index (χ2v) is 4.12. The standard InChI is InChI=1S/C12H23NO2/c1-2-15-10-12(14)9-13-8-11-6-4-3-5-7-11/h3-4,11-14H,2,5-10H2,1H3. The summed E-state index contributed by atoms with van der Waals surface area (Å²) >= 11 is 0. The van der Waals surface area contributed by atoms with Crippen molar-refractivity contribution in [2.24, 2.45) is 5.92 Å². The third-order valence-electron chi connectivity index (χ3n) is 2.71. The van der Waals surface area contributed by atoms with Crippen LogP contribution in [0.5, 0.6) is 0 Å². The highest BCUT2D eigenvalue weighted by Crippen LogP contribution is 2.16. The van der Waals surface area contributed by atoms with Crippen LogP contribution in [0.15, 0.2) is 12.2 Å². The molecule has 0 spiro atoms. The molecule has 15 heavy (non-hydrogen) atoms. The molecule has 0 radical (unpaired) electrons.